The number of rotatable bonds is 8. The third kappa shape index (κ3) is 5.94. The standard InChI is InChI=1S/C30H37O3PSi/c1-8-33-29(31)28(35(6,7)30(2,3)4)27(23-19-21-24(32-5)22-20-23)34(25-15-11-9-12-16-25)26-17-13-10-14-18-26/h9-22H,8H2,1-7H3/b28-27-. The Morgan fingerprint density at radius 2 is 1.31 bits per heavy atom. The largest absolute Gasteiger partial charge is 0.497 e. The summed E-state index contributed by atoms with van der Waals surface area (Å²) < 4.78 is 11.2. The molecule has 3 rings (SSSR count). The van der Waals surface area contributed by atoms with Crippen LogP contribution in [0.15, 0.2) is 90.1 Å². The normalized spacial score (nSPS) is 12.8. The van der Waals surface area contributed by atoms with Crippen molar-refractivity contribution < 1.29 is 14.3 Å². The van der Waals surface area contributed by atoms with E-state index in [0.717, 1.165) is 21.8 Å². The van der Waals surface area contributed by atoms with Crippen molar-refractivity contribution in [2.75, 3.05) is 13.7 Å². The number of hydrogen-bond acceptors (Lipinski definition) is 3. The topological polar surface area (TPSA) is 35.5 Å². The zero-order valence-corrected chi connectivity index (χ0v) is 23.9. The average molecular weight is 505 g/mol. The lowest BCUT2D eigenvalue weighted by Crippen LogP contribution is -2.44. The first kappa shape index (κ1) is 26.9. The van der Waals surface area contributed by atoms with Crippen LogP contribution in [0.3, 0.4) is 0 Å². The Kier molecular flexibility index (Phi) is 8.74. The zero-order chi connectivity index (χ0) is 25.6. The van der Waals surface area contributed by atoms with Gasteiger partial charge in [-0.05, 0) is 53.5 Å². The van der Waals surface area contributed by atoms with Crippen LogP contribution in [0, 0.1) is 0 Å². The maximum atomic E-state index is 13.9. The van der Waals surface area contributed by atoms with Crippen molar-refractivity contribution in [2.24, 2.45) is 0 Å². The molecular formula is C30H37O3PSi. The summed E-state index contributed by atoms with van der Waals surface area (Å²) >= 11 is 0. The molecule has 0 aromatic heterocycles. The Labute approximate surface area is 213 Å². The molecule has 0 spiro atoms. The molecule has 3 aromatic carbocycles. The van der Waals surface area contributed by atoms with Gasteiger partial charge in [0.2, 0.25) is 0 Å². The highest BCUT2D eigenvalue weighted by Crippen LogP contribution is 2.55. The maximum Gasteiger partial charge on any atom is 0.330 e. The van der Waals surface area contributed by atoms with Crippen LogP contribution < -0.4 is 15.3 Å². The number of carbonyl (C=O) groups is 1. The summed E-state index contributed by atoms with van der Waals surface area (Å²) in [6.45, 7) is 13.6. The fraction of sp³-hybridized carbons (Fsp3) is 0.300. The van der Waals surface area contributed by atoms with Gasteiger partial charge in [-0.2, -0.15) is 0 Å². The van der Waals surface area contributed by atoms with Gasteiger partial charge in [0.15, 0.2) is 0 Å². The molecule has 0 N–H and O–H groups in total. The molecule has 3 nitrogen and oxygen atoms in total. The van der Waals surface area contributed by atoms with Gasteiger partial charge in [-0.1, -0.05) is 107 Å². The fourth-order valence-corrected chi connectivity index (χ4v) is 9.64. The first-order valence-corrected chi connectivity index (χ1v) is 16.4. The van der Waals surface area contributed by atoms with Crippen molar-refractivity contribution in [3.8, 4) is 5.75 Å². The number of methoxy groups -OCH3 is 1. The van der Waals surface area contributed by atoms with Gasteiger partial charge in [0.1, 0.15) is 5.75 Å². The monoisotopic (exact) mass is 504 g/mol. The smallest absolute Gasteiger partial charge is 0.330 e. The van der Waals surface area contributed by atoms with E-state index in [1.807, 2.05) is 31.2 Å². The second-order valence-electron chi connectivity index (χ2n) is 10.1. The van der Waals surface area contributed by atoms with E-state index in [-0.39, 0.29) is 11.0 Å². The molecule has 0 saturated carbocycles. The van der Waals surface area contributed by atoms with Crippen molar-refractivity contribution in [1.29, 1.82) is 0 Å². The lowest BCUT2D eigenvalue weighted by Gasteiger charge is -2.40. The van der Waals surface area contributed by atoms with E-state index in [0.29, 0.717) is 6.61 Å². The van der Waals surface area contributed by atoms with Gasteiger partial charge in [-0.15, -0.1) is 0 Å². The lowest BCUT2D eigenvalue weighted by atomic mass is 10.2. The van der Waals surface area contributed by atoms with Crippen LogP contribution in [0.2, 0.25) is 18.1 Å². The highest BCUT2D eigenvalue weighted by Gasteiger charge is 2.45. The minimum atomic E-state index is -2.34. The highest BCUT2D eigenvalue weighted by atomic mass is 31.1. The molecule has 0 heterocycles. The van der Waals surface area contributed by atoms with E-state index in [4.69, 9.17) is 9.47 Å². The van der Waals surface area contributed by atoms with E-state index in [1.165, 1.54) is 10.6 Å². The van der Waals surface area contributed by atoms with Gasteiger partial charge in [0.25, 0.3) is 0 Å². The van der Waals surface area contributed by atoms with Gasteiger partial charge in [0, 0.05) is 5.20 Å². The van der Waals surface area contributed by atoms with Crippen molar-refractivity contribution >= 4 is 37.9 Å². The Bertz CT molecular complexity index is 1110. The summed E-state index contributed by atoms with van der Waals surface area (Å²) in [6.07, 6.45) is 0. The molecule has 0 bridgehead atoms. The molecule has 0 radical (unpaired) electrons. The predicted molar refractivity (Wildman–Crippen MR) is 153 cm³/mol. The van der Waals surface area contributed by atoms with Crippen LogP contribution in [0.25, 0.3) is 5.31 Å². The van der Waals surface area contributed by atoms with Crippen molar-refractivity contribution in [3.05, 3.63) is 95.7 Å². The van der Waals surface area contributed by atoms with Crippen LogP contribution >= 0.6 is 7.92 Å². The number of hydrogen-bond donors (Lipinski definition) is 0. The Balaban J connectivity index is 2.49. The summed E-state index contributed by atoms with van der Waals surface area (Å²) in [5, 5.41) is 4.32. The summed E-state index contributed by atoms with van der Waals surface area (Å²) in [5.41, 5.74) is 1.04. The van der Waals surface area contributed by atoms with E-state index in [1.54, 1.807) is 7.11 Å². The van der Waals surface area contributed by atoms with Gasteiger partial charge in [0.05, 0.1) is 21.8 Å². The zero-order valence-electron chi connectivity index (χ0n) is 22.0. The molecule has 0 aliphatic heterocycles. The van der Waals surface area contributed by atoms with Crippen molar-refractivity contribution in [2.45, 2.75) is 45.8 Å². The third-order valence-electron chi connectivity index (χ3n) is 6.83. The second kappa shape index (κ2) is 11.4. The quantitative estimate of drug-likeness (QED) is 0.141. The second-order valence-corrected chi connectivity index (χ2v) is 17.5. The average Bonchev–Trinajstić information content (AvgIpc) is 2.84. The van der Waals surface area contributed by atoms with Gasteiger partial charge < -0.3 is 9.47 Å². The molecule has 3 aromatic rings. The first-order valence-electron chi connectivity index (χ1n) is 12.1. The number of carbonyl (C=O) groups excluding carboxylic acids is 1. The molecule has 0 atom stereocenters. The van der Waals surface area contributed by atoms with Crippen LogP contribution in [0.1, 0.15) is 33.3 Å². The third-order valence-corrected chi connectivity index (χ3v) is 15.1. The number of benzene rings is 3. The minimum absolute atomic E-state index is 0.0544. The van der Waals surface area contributed by atoms with Crippen LogP contribution in [-0.4, -0.2) is 27.8 Å². The molecule has 35 heavy (non-hydrogen) atoms. The van der Waals surface area contributed by atoms with E-state index >= 15 is 0 Å². The van der Waals surface area contributed by atoms with Crippen molar-refractivity contribution in [1.82, 2.24) is 0 Å². The van der Waals surface area contributed by atoms with Gasteiger partial charge >= 0.3 is 5.97 Å². The van der Waals surface area contributed by atoms with Crippen LogP contribution in [0.4, 0.5) is 0 Å². The van der Waals surface area contributed by atoms with Crippen LogP contribution in [0.5, 0.6) is 5.75 Å². The summed E-state index contributed by atoms with van der Waals surface area (Å²) in [6, 6.07) is 29.2. The molecule has 0 unspecified atom stereocenters. The fourth-order valence-electron chi connectivity index (χ4n) is 3.92. The Morgan fingerprint density at radius 3 is 1.71 bits per heavy atom. The van der Waals surface area contributed by atoms with Gasteiger partial charge in [-0.3, -0.25) is 0 Å². The van der Waals surface area contributed by atoms with Crippen LogP contribution in [-0.2, 0) is 9.53 Å². The molecule has 0 saturated heterocycles. The minimum Gasteiger partial charge on any atom is -0.497 e. The lowest BCUT2D eigenvalue weighted by molar-refractivity contribution is -0.137. The Morgan fingerprint density at radius 1 is 0.829 bits per heavy atom. The molecule has 0 aliphatic carbocycles. The van der Waals surface area contributed by atoms with E-state index in [9.17, 15) is 4.79 Å². The predicted octanol–water partition coefficient (Wildman–Crippen LogP) is 7.15. The molecule has 0 aliphatic rings. The molecule has 184 valence electrons. The first-order chi connectivity index (χ1) is 16.6. The highest BCUT2D eigenvalue weighted by molar-refractivity contribution is 7.82. The van der Waals surface area contributed by atoms with Gasteiger partial charge in [-0.25, -0.2) is 4.79 Å². The number of esters is 1. The summed E-state index contributed by atoms with van der Waals surface area (Å²) in [7, 11) is -1.69. The van der Waals surface area contributed by atoms with E-state index in [2.05, 4.69) is 94.5 Å². The summed E-state index contributed by atoms with van der Waals surface area (Å²) in [4.78, 5) is 13.9. The van der Waals surface area contributed by atoms with E-state index < -0.39 is 16.0 Å². The molecular weight excluding hydrogens is 467 g/mol. The summed E-state index contributed by atoms with van der Waals surface area (Å²) in [5.74, 6) is 0.603. The SMILES string of the molecule is CCOC(=O)/C(=C(\c1ccc(OC)cc1)P(c1ccccc1)c1ccccc1)[Si](C)(C)C(C)(C)C. The molecule has 0 amide bonds. The molecule has 0 fully saturated rings. The Hall–Kier alpha value is -2.68. The van der Waals surface area contributed by atoms with Crippen molar-refractivity contribution in [3.63, 3.8) is 0 Å². The number of ether oxygens (including phenoxy) is 2. The maximum absolute atomic E-state index is 13.9. The molecule has 5 heteroatoms.